The highest BCUT2D eigenvalue weighted by atomic mass is 127. The summed E-state index contributed by atoms with van der Waals surface area (Å²) < 4.78 is 5.19. The summed E-state index contributed by atoms with van der Waals surface area (Å²) in [4.78, 5) is 31.8. The third-order valence-electron chi connectivity index (χ3n) is 4.77. The normalized spacial score (nSPS) is 10.6. The van der Waals surface area contributed by atoms with Gasteiger partial charge in [0.1, 0.15) is 5.75 Å². The average Bonchev–Trinajstić information content (AvgIpc) is 2.80. The summed E-state index contributed by atoms with van der Waals surface area (Å²) in [5.41, 5.74) is 2.74. The van der Waals surface area contributed by atoms with Gasteiger partial charge in [-0.15, -0.1) is 24.0 Å². The van der Waals surface area contributed by atoms with Crippen LogP contribution in [-0.2, 0) is 17.8 Å². The van der Waals surface area contributed by atoms with Crippen molar-refractivity contribution in [1.29, 1.82) is 0 Å². The van der Waals surface area contributed by atoms with Crippen molar-refractivity contribution < 1.29 is 14.3 Å². The minimum Gasteiger partial charge on any atom is -0.497 e. The molecule has 2 rings (SSSR count). The quantitative estimate of drug-likeness (QED) is 0.276. The lowest BCUT2D eigenvalue weighted by Gasteiger charge is -2.15. The van der Waals surface area contributed by atoms with Crippen LogP contribution < -0.4 is 15.4 Å². The zero-order chi connectivity index (χ0) is 23.5. The highest BCUT2D eigenvalue weighted by Crippen LogP contribution is 2.12. The van der Waals surface area contributed by atoms with Crippen LogP contribution in [0.3, 0.4) is 0 Å². The van der Waals surface area contributed by atoms with E-state index in [1.165, 1.54) is 4.90 Å². The molecule has 0 fully saturated rings. The first-order valence-corrected chi connectivity index (χ1v) is 10.5. The number of guanidine groups is 1. The third-order valence-corrected chi connectivity index (χ3v) is 4.77. The number of aliphatic imine (C=N–C) groups is 1. The van der Waals surface area contributed by atoms with Crippen LogP contribution in [0.4, 0.5) is 0 Å². The lowest BCUT2D eigenvalue weighted by molar-refractivity contribution is -0.127. The van der Waals surface area contributed by atoms with Crippen LogP contribution in [0.25, 0.3) is 0 Å². The molecule has 0 spiro atoms. The number of carbonyl (C=O) groups excluding carboxylic acids is 2. The molecule has 0 bridgehead atoms. The van der Waals surface area contributed by atoms with Gasteiger partial charge in [0.2, 0.25) is 5.91 Å². The molecule has 2 N–H and O–H groups in total. The second kappa shape index (κ2) is 14.4. The Labute approximate surface area is 213 Å². The van der Waals surface area contributed by atoms with Crippen LogP contribution in [0.2, 0.25) is 0 Å². The van der Waals surface area contributed by atoms with Crippen LogP contribution >= 0.6 is 24.0 Å². The molecule has 2 amide bonds. The summed E-state index contributed by atoms with van der Waals surface area (Å²) in [6.45, 7) is 1.21. The van der Waals surface area contributed by atoms with E-state index in [1.54, 1.807) is 40.2 Å². The van der Waals surface area contributed by atoms with Crippen LogP contribution in [0.1, 0.15) is 21.5 Å². The van der Waals surface area contributed by atoms with Crippen molar-refractivity contribution in [2.75, 3.05) is 48.4 Å². The highest BCUT2D eigenvalue weighted by Gasteiger charge is 2.09. The van der Waals surface area contributed by atoms with Gasteiger partial charge in [-0.1, -0.05) is 24.3 Å². The number of ether oxygens (including phenoxy) is 1. The Morgan fingerprint density at radius 3 is 2.24 bits per heavy atom. The molecular weight excluding hydrogens is 533 g/mol. The van der Waals surface area contributed by atoms with Gasteiger partial charge in [-0.3, -0.25) is 9.59 Å². The van der Waals surface area contributed by atoms with Gasteiger partial charge < -0.3 is 25.2 Å². The van der Waals surface area contributed by atoms with Crippen LogP contribution in [0.5, 0.6) is 5.75 Å². The second-order valence-corrected chi connectivity index (χ2v) is 7.73. The molecule has 33 heavy (non-hydrogen) atoms. The second-order valence-electron chi connectivity index (χ2n) is 7.73. The first kappa shape index (κ1) is 28.2. The minimum absolute atomic E-state index is 0. The number of nitrogens with one attached hydrogen (secondary N) is 2. The minimum atomic E-state index is -0.0427. The Morgan fingerprint density at radius 1 is 0.939 bits per heavy atom. The van der Waals surface area contributed by atoms with Gasteiger partial charge in [0, 0.05) is 40.3 Å². The molecule has 2 aromatic carbocycles. The first-order chi connectivity index (χ1) is 15.3. The molecule has 180 valence electrons. The molecule has 0 heterocycles. The summed E-state index contributed by atoms with van der Waals surface area (Å²) in [5, 5.41) is 6.36. The predicted octanol–water partition coefficient (Wildman–Crippen LogP) is 2.38. The largest absolute Gasteiger partial charge is 0.497 e. The Morgan fingerprint density at radius 2 is 1.64 bits per heavy atom. The number of hydrogen-bond acceptors (Lipinski definition) is 4. The summed E-state index contributed by atoms with van der Waals surface area (Å²) in [6.07, 6.45) is 0.708. The fourth-order valence-electron chi connectivity index (χ4n) is 2.84. The van der Waals surface area contributed by atoms with Crippen molar-refractivity contribution in [3.05, 3.63) is 65.2 Å². The lowest BCUT2D eigenvalue weighted by atomic mass is 10.1. The number of benzene rings is 2. The smallest absolute Gasteiger partial charge is 0.253 e. The van der Waals surface area contributed by atoms with Gasteiger partial charge in [-0.2, -0.15) is 0 Å². The molecule has 0 aliphatic heterocycles. The van der Waals surface area contributed by atoms with Gasteiger partial charge >= 0.3 is 0 Å². The molecule has 0 atom stereocenters. The number of nitrogens with zero attached hydrogens (tertiary/aromatic N) is 3. The number of carbonyl (C=O) groups is 2. The maximum Gasteiger partial charge on any atom is 0.253 e. The molecule has 0 unspecified atom stereocenters. The van der Waals surface area contributed by atoms with E-state index in [2.05, 4.69) is 15.6 Å². The van der Waals surface area contributed by atoms with Crippen LogP contribution in [0, 0.1) is 0 Å². The topological polar surface area (TPSA) is 86.3 Å². The maximum absolute atomic E-state index is 12.2. The predicted molar refractivity (Wildman–Crippen MR) is 142 cm³/mol. The van der Waals surface area contributed by atoms with Gasteiger partial charge in [-0.25, -0.2) is 4.99 Å². The van der Waals surface area contributed by atoms with E-state index in [1.807, 2.05) is 48.5 Å². The summed E-state index contributed by atoms with van der Waals surface area (Å²) in [7, 11) is 8.54. The van der Waals surface area contributed by atoms with Crippen molar-refractivity contribution in [2.24, 2.45) is 4.99 Å². The van der Waals surface area contributed by atoms with Crippen molar-refractivity contribution in [3.8, 4) is 5.75 Å². The van der Waals surface area contributed by atoms with E-state index >= 15 is 0 Å². The van der Waals surface area contributed by atoms with Crippen molar-refractivity contribution in [1.82, 2.24) is 20.4 Å². The number of likely N-dealkylation sites (N-methyl/N-ethyl adjacent to an activating group) is 1. The summed E-state index contributed by atoms with van der Waals surface area (Å²) in [6, 6.07) is 15.3. The Bertz CT molecular complexity index is 930. The van der Waals surface area contributed by atoms with E-state index in [-0.39, 0.29) is 42.3 Å². The molecule has 9 heteroatoms. The fourth-order valence-corrected chi connectivity index (χ4v) is 2.84. The van der Waals surface area contributed by atoms with Crippen LogP contribution in [0.15, 0.2) is 53.5 Å². The SMILES string of the molecule is COc1ccc(CN=C(NCCc2cccc(C(=O)N(C)C)c2)NCC(=O)N(C)C)cc1.I. The molecule has 0 aliphatic carbocycles. The summed E-state index contributed by atoms with van der Waals surface area (Å²) >= 11 is 0. The van der Waals surface area contributed by atoms with E-state index in [0.717, 1.165) is 16.9 Å². The van der Waals surface area contributed by atoms with Gasteiger partial charge in [-0.05, 0) is 41.8 Å². The monoisotopic (exact) mass is 567 g/mol. The van der Waals surface area contributed by atoms with Gasteiger partial charge in [0.05, 0.1) is 20.2 Å². The van der Waals surface area contributed by atoms with E-state index in [0.29, 0.717) is 31.0 Å². The van der Waals surface area contributed by atoms with Crippen LogP contribution in [-0.4, -0.2) is 76.0 Å². The van der Waals surface area contributed by atoms with Crippen molar-refractivity contribution in [2.45, 2.75) is 13.0 Å². The summed E-state index contributed by atoms with van der Waals surface area (Å²) in [5.74, 6) is 1.28. The van der Waals surface area contributed by atoms with Crippen molar-refractivity contribution in [3.63, 3.8) is 0 Å². The number of rotatable bonds is 9. The third kappa shape index (κ3) is 9.68. The zero-order valence-electron chi connectivity index (χ0n) is 19.9. The molecule has 0 radical (unpaired) electrons. The number of amides is 2. The van der Waals surface area contributed by atoms with E-state index < -0.39 is 0 Å². The average molecular weight is 567 g/mol. The molecule has 8 nitrogen and oxygen atoms in total. The number of methoxy groups -OCH3 is 1. The standard InChI is InChI=1S/C24H33N5O3.HI/c1-28(2)22(30)17-27-24(26-16-19-9-11-21(32-5)12-10-19)25-14-13-18-7-6-8-20(15-18)23(31)29(3)4;/h6-12,15H,13-14,16-17H2,1-5H3,(H2,25,26,27);1H. The molecule has 0 saturated carbocycles. The van der Waals surface area contributed by atoms with E-state index in [9.17, 15) is 9.59 Å². The number of halogens is 1. The van der Waals surface area contributed by atoms with Gasteiger partial charge in [0.25, 0.3) is 5.91 Å². The number of hydrogen-bond donors (Lipinski definition) is 2. The Hall–Kier alpha value is -2.82. The molecular formula is C24H34IN5O3. The maximum atomic E-state index is 12.2. The molecule has 0 saturated heterocycles. The Balaban J connectivity index is 0.00000544. The zero-order valence-corrected chi connectivity index (χ0v) is 22.3. The Kier molecular flexibility index (Phi) is 12.3. The first-order valence-electron chi connectivity index (χ1n) is 10.5. The molecule has 2 aromatic rings. The lowest BCUT2D eigenvalue weighted by Crippen LogP contribution is -2.43. The highest BCUT2D eigenvalue weighted by molar-refractivity contribution is 14.0. The van der Waals surface area contributed by atoms with Crippen molar-refractivity contribution >= 4 is 41.8 Å². The molecule has 0 aliphatic rings. The van der Waals surface area contributed by atoms with E-state index in [4.69, 9.17) is 4.74 Å². The fraction of sp³-hybridized carbons (Fsp3) is 0.375. The molecule has 0 aromatic heterocycles. The van der Waals surface area contributed by atoms with Gasteiger partial charge in [0.15, 0.2) is 5.96 Å².